The summed E-state index contributed by atoms with van der Waals surface area (Å²) in [7, 11) is 0. The Morgan fingerprint density at radius 1 is 1.05 bits per heavy atom. The number of hydrogen-bond acceptors (Lipinski definition) is 2. The van der Waals surface area contributed by atoms with Crippen molar-refractivity contribution in [2.24, 2.45) is 5.92 Å². The van der Waals surface area contributed by atoms with E-state index in [2.05, 4.69) is 16.9 Å². The molecular formula is C17H28N2O. The zero-order valence-corrected chi connectivity index (χ0v) is 12.5. The van der Waals surface area contributed by atoms with E-state index in [0.29, 0.717) is 12.0 Å². The highest BCUT2D eigenvalue weighted by Gasteiger charge is 2.23. The second-order valence-electron chi connectivity index (χ2n) is 6.75. The minimum atomic E-state index is -0.194. The highest BCUT2D eigenvalue weighted by molar-refractivity contribution is 5.02. The van der Waals surface area contributed by atoms with Crippen LogP contribution in [0.25, 0.3) is 0 Å². The predicted octanol–water partition coefficient (Wildman–Crippen LogP) is 3.87. The van der Waals surface area contributed by atoms with Crippen molar-refractivity contribution in [3.8, 4) is 0 Å². The number of aliphatic hydroxyl groups is 1. The van der Waals surface area contributed by atoms with Gasteiger partial charge in [-0.3, -0.25) is 4.68 Å². The average Bonchev–Trinajstić information content (AvgIpc) is 3.05. The van der Waals surface area contributed by atoms with Gasteiger partial charge in [0.25, 0.3) is 0 Å². The maximum Gasteiger partial charge on any atom is 0.0650 e. The van der Waals surface area contributed by atoms with Crippen LogP contribution in [-0.2, 0) is 6.42 Å². The van der Waals surface area contributed by atoms with Crippen LogP contribution in [0.15, 0.2) is 12.3 Å². The van der Waals surface area contributed by atoms with E-state index in [1.54, 1.807) is 0 Å². The third kappa shape index (κ3) is 3.43. The molecule has 3 heteroatoms. The summed E-state index contributed by atoms with van der Waals surface area (Å²) in [6, 6.07) is 2.72. The van der Waals surface area contributed by atoms with Crippen molar-refractivity contribution in [3.63, 3.8) is 0 Å². The molecule has 0 aromatic carbocycles. The van der Waals surface area contributed by atoms with E-state index < -0.39 is 0 Å². The number of rotatable bonds is 4. The fourth-order valence-electron chi connectivity index (χ4n) is 3.94. The minimum absolute atomic E-state index is 0.194. The molecule has 0 amide bonds. The molecule has 0 aliphatic heterocycles. The van der Waals surface area contributed by atoms with Gasteiger partial charge in [0.1, 0.15) is 0 Å². The van der Waals surface area contributed by atoms with Gasteiger partial charge >= 0.3 is 0 Å². The van der Waals surface area contributed by atoms with Crippen LogP contribution >= 0.6 is 0 Å². The van der Waals surface area contributed by atoms with E-state index in [4.69, 9.17) is 5.10 Å². The van der Waals surface area contributed by atoms with Gasteiger partial charge in [-0.2, -0.15) is 5.10 Å². The summed E-state index contributed by atoms with van der Waals surface area (Å²) >= 11 is 0. The minimum Gasteiger partial charge on any atom is -0.392 e. The van der Waals surface area contributed by atoms with Gasteiger partial charge in [-0.1, -0.05) is 38.5 Å². The van der Waals surface area contributed by atoms with E-state index >= 15 is 0 Å². The van der Waals surface area contributed by atoms with Gasteiger partial charge in [0.15, 0.2) is 0 Å². The highest BCUT2D eigenvalue weighted by atomic mass is 16.3. The van der Waals surface area contributed by atoms with Crippen LogP contribution in [-0.4, -0.2) is 21.0 Å². The molecule has 2 aliphatic carbocycles. The lowest BCUT2D eigenvalue weighted by Crippen LogP contribution is -2.23. The molecule has 2 saturated carbocycles. The van der Waals surface area contributed by atoms with Crippen molar-refractivity contribution >= 4 is 0 Å². The van der Waals surface area contributed by atoms with Crippen molar-refractivity contribution in [2.75, 3.05) is 0 Å². The first kappa shape index (κ1) is 14.1. The van der Waals surface area contributed by atoms with Gasteiger partial charge in [0.2, 0.25) is 0 Å². The zero-order chi connectivity index (χ0) is 13.8. The Labute approximate surface area is 122 Å². The SMILES string of the molecule is OC(Cc1ccn(C2CCCC2)n1)C1CCCCCC1. The number of aromatic nitrogens is 2. The van der Waals surface area contributed by atoms with Crippen LogP contribution in [0.3, 0.4) is 0 Å². The van der Waals surface area contributed by atoms with Crippen LogP contribution in [0.2, 0.25) is 0 Å². The van der Waals surface area contributed by atoms with Crippen LogP contribution < -0.4 is 0 Å². The van der Waals surface area contributed by atoms with Crippen molar-refractivity contribution in [2.45, 2.75) is 82.8 Å². The lowest BCUT2D eigenvalue weighted by Gasteiger charge is -2.20. The molecule has 3 rings (SSSR count). The standard InChI is InChI=1S/C17H28N2O/c20-17(14-7-3-1-2-4-8-14)13-15-11-12-19(18-15)16-9-5-6-10-16/h11-12,14,16-17,20H,1-10,13H2. The Morgan fingerprint density at radius 3 is 2.40 bits per heavy atom. The first-order chi connectivity index (χ1) is 9.83. The van der Waals surface area contributed by atoms with Gasteiger partial charge in [-0.15, -0.1) is 0 Å². The smallest absolute Gasteiger partial charge is 0.0650 e. The van der Waals surface area contributed by atoms with E-state index in [1.807, 2.05) is 0 Å². The normalized spacial score (nSPS) is 23.9. The van der Waals surface area contributed by atoms with Gasteiger partial charge in [-0.05, 0) is 37.7 Å². The monoisotopic (exact) mass is 276 g/mol. The molecule has 1 aromatic rings. The largest absolute Gasteiger partial charge is 0.392 e. The highest BCUT2D eigenvalue weighted by Crippen LogP contribution is 2.30. The summed E-state index contributed by atoms with van der Waals surface area (Å²) in [5, 5.41) is 15.2. The van der Waals surface area contributed by atoms with E-state index in [0.717, 1.165) is 12.1 Å². The van der Waals surface area contributed by atoms with Gasteiger partial charge in [0.05, 0.1) is 17.8 Å². The van der Waals surface area contributed by atoms with Crippen LogP contribution in [0, 0.1) is 5.92 Å². The molecular weight excluding hydrogens is 248 g/mol. The maximum atomic E-state index is 10.5. The third-order valence-electron chi connectivity index (χ3n) is 5.22. The molecule has 0 saturated heterocycles. The molecule has 2 aliphatic rings. The lowest BCUT2D eigenvalue weighted by molar-refractivity contribution is 0.0974. The van der Waals surface area contributed by atoms with E-state index in [9.17, 15) is 5.11 Å². The Kier molecular flexibility index (Phi) is 4.77. The summed E-state index contributed by atoms with van der Waals surface area (Å²) in [6.45, 7) is 0. The Morgan fingerprint density at radius 2 is 1.70 bits per heavy atom. The van der Waals surface area contributed by atoms with E-state index in [1.165, 1.54) is 64.2 Å². The molecule has 1 atom stereocenters. The van der Waals surface area contributed by atoms with Crippen molar-refractivity contribution in [1.29, 1.82) is 0 Å². The van der Waals surface area contributed by atoms with E-state index in [-0.39, 0.29) is 6.10 Å². The summed E-state index contributed by atoms with van der Waals surface area (Å²) in [6.07, 6.45) is 15.5. The Hall–Kier alpha value is -0.830. The third-order valence-corrected chi connectivity index (χ3v) is 5.22. The molecule has 112 valence electrons. The summed E-state index contributed by atoms with van der Waals surface area (Å²) in [5.74, 6) is 0.495. The maximum absolute atomic E-state index is 10.5. The van der Waals surface area contributed by atoms with Crippen LogP contribution in [0.1, 0.15) is 75.9 Å². The molecule has 2 fully saturated rings. The van der Waals surface area contributed by atoms with Crippen molar-refractivity contribution in [1.82, 2.24) is 9.78 Å². The number of aliphatic hydroxyl groups excluding tert-OH is 1. The van der Waals surface area contributed by atoms with Crippen molar-refractivity contribution < 1.29 is 5.11 Å². The molecule has 1 N–H and O–H groups in total. The first-order valence-electron chi connectivity index (χ1n) is 8.55. The van der Waals surface area contributed by atoms with Crippen molar-refractivity contribution in [3.05, 3.63) is 18.0 Å². The zero-order valence-electron chi connectivity index (χ0n) is 12.5. The number of hydrogen-bond donors (Lipinski definition) is 1. The molecule has 1 heterocycles. The molecule has 0 radical (unpaired) electrons. The Bertz CT molecular complexity index is 401. The second-order valence-corrected chi connectivity index (χ2v) is 6.75. The lowest BCUT2D eigenvalue weighted by atomic mass is 9.91. The molecule has 1 aromatic heterocycles. The summed E-state index contributed by atoms with van der Waals surface area (Å²) in [5.41, 5.74) is 1.08. The summed E-state index contributed by atoms with van der Waals surface area (Å²) < 4.78 is 2.14. The molecule has 0 bridgehead atoms. The molecule has 1 unspecified atom stereocenters. The van der Waals surface area contributed by atoms with Gasteiger partial charge in [-0.25, -0.2) is 0 Å². The van der Waals surface area contributed by atoms with Gasteiger partial charge in [0, 0.05) is 12.6 Å². The van der Waals surface area contributed by atoms with Crippen LogP contribution in [0.5, 0.6) is 0 Å². The van der Waals surface area contributed by atoms with Gasteiger partial charge < -0.3 is 5.11 Å². The average molecular weight is 276 g/mol. The molecule has 0 spiro atoms. The topological polar surface area (TPSA) is 38.0 Å². The summed E-state index contributed by atoms with van der Waals surface area (Å²) in [4.78, 5) is 0. The predicted molar refractivity (Wildman–Crippen MR) is 80.6 cm³/mol. The first-order valence-corrected chi connectivity index (χ1v) is 8.55. The number of nitrogens with zero attached hydrogens (tertiary/aromatic N) is 2. The van der Waals surface area contributed by atoms with Crippen LogP contribution in [0.4, 0.5) is 0 Å². The molecule has 20 heavy (non-hydrogen) atoms. The quantitative estimate of drug-likeness (QED) is 0.848. The fourth-order valence-corrected chi connectivity index (χ4v) is 3.94. The second kappa shape index (κ2) is 6.75. The fraction of sp³-hybridized carbons (Fsp3) is 0.824. The molecule has 3 nitrogen and oxygen atoms in total. The Balaban J connectivity index is 1.56.